The maximum absolute atomic E-state index is 9.85. The van der Waals surface area contributed by atoms with Crippen molar-refractivity contribution < 1.29 is 5.11 Å². The summed E-state index contributed by atoms with van der Waals surface area (Å²) in [4.78, 5) is 0. The number of phenols is 1. The molecule has 0 heterocycles. The zero-order valence-corrected chi connectivity index (χ0v) is 19.4. The van der Waals surface area contributed by atoms with Crippen LogP contribution in [0.3, 0.4) is 0 Å². The highest BCUT2D eigenvalue weighted by Crippen LogP contribution is 2.51. The summed E-state index contributed by atoms with van der Waals surface area (Å²) in [5, 5.41) is 18.9. The van der Waals surface area contributed by atoms with E-state index in [1.165, 1.54) is 23.1 Å². The van der Waals surface area contributed by atoms with Gasteiger partial charge in [0.1, 0.15) is 5.75 Å². The van der Waals surface area contributed by atoms with Crippen molar-refractivity contribution in [2.45, 2.75) is 47.0 Å². The lowest BCUT2D eigenvalue weighted by Crippen LogP contribution is -2.30. The van der Waals surface area contributed by atoms with E-state index in [0.29, 0.717) is 11.3 Å². The van der Waals surface area contributed by atoms with Crippen LogP contribution in [0, 0.1) is 22.2 Å². The number of hydrogen-bond acceptors (Lipinski definition) is 2. The van der Waals surface area contributed by atoms with Crippen molar-refractivity contribution >= 4 is 5.57 Å². The van der Waals surface area contributed by atoms with Gasteiger partial charge >= 0.3 is 0 Å². The van der Waals surface area contributed by atoms with E-state index < -0.39 is 0 Å². The molecular formula is C30H31NO. The summed E-state index contributed by atoms with van der Waals surface area (Å²) in [6.07, 6.45) is 3.36. The number of hydrogen-bond donors (Lipinski definition) is 1. The first-order valence-corrected chi connectivity index (χ1v) is 11.3. The average Bonchev–Trinajstić information content (AvgIpc) is 2.74. The topological polar surface area (TPSA) is 44.0 Å². The number of benzene rings is 3. The number of nitriles is 1. The molecule has 1 saturated carbocycles. The predicted molar refractivity (Wildman–Crippen MR) is 132 cm³/mol. The van der Waals surface area contributed by atoms with Crippen LogP contribution in [0.15, 0.2) is 78.4 Å². The van der Waals surface area contributed by atoms with Crippen molar-refractivity contribution in [3.05, 3.63) is 95.1 Å². The van der Waals surface area contributed by atoms with E-state index in [1.54, 1.807) is 12.1 Å². The second-order valence-corrected chi connectivity index (χ2v) is 10.7. The molecule has 1 N–H and O–H groups in total. The predicted octanol–water partition coefficient (Wildman–Crippen LogP) is 7.97. The zero-order valence-electron chi connectivity index (χ0n) is 19.4. The maximum atomic E-state index is 9.85. The van der Waals surface area contributed by atoms with Crippen LogP contribution in [-0.4, -0.2) is 5.11 Å². The van der Waals surface area contributed by atoms with Crippen LogP contribution in [-0.2, 0) is 0 Å². The Labute approximate surface area is 191 Å². The second-order valence-electron chi connectivity index (χ2n) is 10.7. The molecule has 2 heteroatoms. The van der Waals surface area contributed by atoms with E-state index in [9.17, 15) is 5.11 Å². The van der Waals surface area contributed by atoms with Gasteiger partial charge in [0.15, 0.2) is 0 Å². The van der Waals surface area contributed by atoms with Gasteiger partial charge in [-0.1, -0.05) is 81.8 Å². The quantitative estimate of drug-likeness (QED) is 0.466. The summed E-state index contributed by atoms with van der Waals surface area (Å²) in [5.74, 6) is 0.290. The van der Waals surface area contributed by atoms with Gasteiger partial charge in [-0.2, -0.15) is 5.26 Å². The van der Waals surface area contributed by atoms with Crippen molar-refractivity contribution in [1.82, 2.24) is 0 Å². The van der Waals surface area contributed by atoms with Gasteiger partial charge in [-0.15, -0.1) is 0 Å². The maximum Gasteiger partial charge on any atom is 0.115 e. The van der Waals surface area contributed by atoms with Crippen molar-refractivity contribution in [1.29, 1.82) is 5.26 Å². The van der Waals surface area contributed by atoms with Crippen molar-refractivity contribution in [2.24, 2.45) is 10.8 Å². The summed E-state index contributed by atoms with van der Waals surface area (Å²) < 4.78 is 0. The minimum atomic E-state index is 0.252. The van der Waals surface area contributed by atoms with Crippen LogP contribution >= 0.6 is 0 Å². The molecule has 0 radical (unpaired) electrons. The van der Waals surface area contributed by atoms with E-state index in [1.807, 2.05) is 36.4 Å². The third kappa shape index (κ3) is 4.78. The fourth-order valence-electron chi connectivity index (χ4n) is 5.58. The smallest absolute Gasteiger partial charge is 0.115 e. The molecule has 1 aliphatic rings. The Balaban J connectivity index is 1.80. The minimum Gasteiger partial charge on any atom is -0.508 e. The third-order valence-electron chi connectivity index (χ3n) is 6.37. The van der Waals surface area contributed by atoms with Crippen molar-refractivity contribution in [3.63, 3.8) is 0 Å². The molecule has 0 bridgehead atoms. The molecular weight excluding hydrogens is 390 g/mol. The summed E-state index contributed by atoms with van der Waals surface area (Å²) in [7, 11) is 0. The van der Waals surface area contributed by atoms with Crippen LogP contribution < -0.4 is 0 Å². The largest absolute Gasteiger partial charge is 0.508 e. The van der Waals surface area contributed by atoms with Gasteiger partial charge in [0.05, 0.1) is 11.6 Å². The van der Waals surface area contributed by atoms with Gasteiger partial charge in [-0.05, 0) is 82.2 Å². The average molecular weight is 422 g/mol. The lowest BCUT2D eigenvalue weighted by atomic mass is 9.62. The lowest BCUT2D eigenvalue weighted by molar-refractivity contribution is 0.154. The number of rotatable bonds is 3. The van der Waals surface area contributed by atoms with Crippen LogP contribution in [0.2, 0.25) is 0 Å². The van der Waals surface area contributed by atoms with Gasteiger partial charge in [0, 0.05) is 0 Å². The molecule has 162 valence electrons. The minimum absolute atomic E-state index is 0.252. The summed E-state index contributed by atoms with van der Waals surface area (Å²) >= 11 is 0. The molecule has 0 aromatic heterocycles. The molecule has 0 spiro atoms. The first-order chi connectivity index (χ1) is 15.2. The molecule has 0 amide bonds. The lowest BCUT2D eigenvalue weighted by Gasteiger charge is -2.43. The fraction of sp³-hybridized carbons (Fsp3) is 0.300. The molecule has 3 aromatic rings. The van der Waals surface area contributed by atoms with E-state index in [-0.39, 0.29) is 10.8 Å². The van der Waals surface area contributed by atoms with Crippen LogP contribution in [0.5, 0.6) is 5.75 Å². The fourth-order valence-corrected chi connectivity index (χ4v) is 5.58. The van der Waals surface area contributed by atoms with Crippen molar-refractivity contribution in [2.75, 3.05) is 0 Å². The molecule has 2 nitrogen and oxygen atoms in total. The molecule has 0 unspecified atom stereocenters. The number of phenolic OH excluding ortho intramolecular Hbond substituents is 1. The van der Waals surface area contributed by atoms with Gasteiger partial charge < -0.3 is 5.11 Å². The summed E-state index contributed by atoms with van der Waals surface area (Å²) in [5.41, 5.74) is 8.55. The molecule has 0 aliphatic heterocycles. The van der Waals surface area contributed by atoms with Gasteiger partial charge in [0.2, 0.25) is 0 Å². The van der Waals surface area contributed by atoms with E-state index in [0.717, 1.165) is 29.5 Å². The molecule has 4 rings (SSSR count). The van der Waals surface area contributed by atoms with Gasteiger partial charge in [0.25, 0.3) is 0 Å². The normalized spacial score (nSPS) is 16.9. The van der Waals surface area contributed by atoms with E-state index in [2.05, 4.69) is 58.0 Å². The first-order valence-electron chi connectivity index (χ1n) is 11.3. The van der Waals surface area contributed by atoms with Gasteiger partial charge in [-0.25, -0.2) is 0 Å². The molecule has 0 saturated heterocycles. The van der Waals surface area contributed by atoms with Crippen molar-refractivity contribution in [3.8, 4) is 22.9 Å². The second kappa shape index (κ2) is 8.32. The molecule has 0 atom stereocenters. The van der Waals surface area contributed by atoms with Crippen LogP contribution in [0.4, 0.5) is 0 Å². The summed E-state index contributed by atoms with van der Waals surface area (Å²) in [6.45, 7) is 9.49. The molecule has 1 aliphatic carbocycles. The van der Waals surface area contributed by atoms with Gasteiger partial charge in [-0.3, -0.25) is 0 Å². The number of nitrogens with zero attached hydrogens (tertiary/aromatic N) is 1. The molecule has 1 fully saturated rings. The Morgan fingerprint density at radius 2 is 1.16 bits per heavy atom. The Hall–Kier alpha value is -3.31. The number of aromatic hydroxyl groups is 1. The third-order valence-corrected chi connectivity index (χ3v) is 6.37. The molecule has 32 heavy (non-hydrogen) atoms. The first kappa shape index (κ1) is 21.9. The summed E-state index contributed by atoms with van der Waals surface area (Å²) in [6, 6.07) is 26.2. The zero-order chi connectivity index (χ0) is 22.9. The SMILES string of the molecule is CC1(C)CC(=C(c2ccc(O)cc2)c2ccc(-c3ccc(C#N)cc3)cc2)CC(C)(C)C1. The Morgan fingerprint density at radius 1 is 0.719 bits per heavy atom. The highest BCUT2D eigenvalue weighted by atomic mass is 16.3. The number of allylic oxidation sites excluding steroid dienone is 1. The Bertz CT molecular complexity index is 1150. The Kier molecular flexibility index (Phi) is 5.70. The Morgan fingerprint density at radius 3 is 1.62 bits per heavy atom. The van der Waals surface area contributed by atoms with E-state index in [4.69, 9.17) is 5.26 Å². The standard InChI is InChI=1S/C30H31NO/c1-29(2)17-26(18-30(3,4)20-29)28(25-13-15-27(32)16-14-25)24-11-9-23(10-12-24)22-7-5-21(19-31)6-8-22/h5-16,32H,17-18,20H2,1-4H3. The van der Waals surface area contributed by atoms with Crippen LogP contribution in [0.1, 0.15) is 63.6 Å². The highest BCUT2D eigenvalue weighted by molar-refractivity contribution is 5.83. The van der Waals surface area contributed by atoms with Crippen LogP contribution in [0.25, 0.3) is 16.7 Å². The molecule has 3 aromatic carbocycles. The van der Waals surface area contributed by atoms with E-state index >= 15 is 0 Å². The monoisotopic (exact) mass is 421 g/mol. The highest BCUT2D eigenvalue weighted by Gasteiger charge is 2.37.